The van der Waals surface area contributed by atoms with Gasteiger partial charge in [-0.15, -0.1) is 0 Å². The number of rotatable bonds is 6. The van der Waals surface area contributed by atoms with E-state index in [-0.39, 0.29) is 18.2 Å². The van der Waals surface area contributed by atoms with Crippen LogP contribution in [0, 0.1) is 5.41 Å². The Balaban J connectivity index is 2.92. The van der Waals surface area contributed by atoms with Crippen molar-refractivity contribution in [3.63, 3.8) is 0 Å². The van der Waals surface area contributed by atoms with Crippen LogP contribution in [0.3, 0.4) is 0 Å². The number of methoxy groups -OCH3 is 1. The summed E-state index contributed by atoms with van der Waals surface area (Å²) in [7, 11) is -2.05. The summed E-state index contributed by atoms with van der Waals surface area (Å²) < 4.78 is 30.3. The van der Waals surface area contributed by atoms with Crippen LogP contribution < -0.4 is 10.5 Å². The Hall–Kier alpha value is -1.60. The fourth-order valence-electron chi connectivity index (χ4n) is 1.22. The molecule has 0 aliphatic heterocycles. The minimum Gasteiger partial charge on any atom is -0.384 e. The molecule has 0 saturated carbocycles. The van der Waals surface area contributed by atoms with Crippen molar-refractivity contribution in [3.8, 4) is 0 Å². The van der Waals surface area contributed by atoms with Gasteiger partial charge in [0.2, 0.25) is 10.0 Å². The van der Waals surface area contributed by atoms with E-state index in [1.807, 2.05) is 0 Å². The van der Waals surface area contributed by atoms with Crippen LogP contribution in [0.25, 0.3) is 0 Å². The number of sulfonamides is 1. The molecule has 7 heteroatoms. The van der Waals surface area contributed by atoms with Crippen LogP contribution in [0.2, 0.25) is 0 Å². The SMILES string of the molecule is COCCS(=O)(=O)Nc1ccccc1C(=N)N. The second kappa shape index (κ2) is 5.65. The van der Waals surface area contributed by atoms with Gasteiger partial charge in [-0.2, -0.15) is 0 Å². The van der Waals surface area contributed by atoms with Crippen LogP contribution in [0.1, 0.15) is 5.56 Å². The molecule has 94 valence electrons. The van der Waals surface area contributed by atoms with Crippen molar-refractivity contribution >= 4 is 21.5 Å². The van der Waals surface area contributed by atoms with E-state index in [1.165, 1.54) is 7.11 Å². The lowest BCUT2D eigenvalue weighted by Gasteiger charge is -2.11. The van der Waals surface area contributed by atoms with Crippen molar-refractivity contribution in [2.45, 2.75) is 0 Å². The van der Waals surface area contributed by atoms with E-state index in [1.54, 1.807) is 24.3 Å². The molecule has 0 spiro atoms. The second-order valence-corrected chi connectivity index (χ2v) is 5.21. The minimum absolute atomic E-state index is 0.109. The van der Waals surface area contributed by atoms with Crippen LogP contribution in [0.5, 0.6) is 0 Å². The molecule has 4 N–H and O–H groups in total. The minimum atomic E-state index is -3.48. The van der Waals surface area contributed by atoms with Crippen molar-refractivity contribution in [2.24, 2.45) is 5.73 Å². The lowest BCUT2D eigenvalue weighted by Crippen LogP contribution is -2.22. The highest BCUT2D eigenvalue weighted by molar-refractivity contribution is 7.92. The van der Waals surface area contributed by atoms with Crippen LogP contribution in [-0.4, -0.2) is 33.7 Å². The van der Waals surface area contributed by atoms with Crippen LogP contribution in [0.15, 0.2) is 24.3 Å². The number of anilines is 1. The lowest BCUT2D eigenvalue weighted by atomic mass is 10.2. The molecule has 0 aliphatic carbocycles. The Morgan fingerprint density at radius 2 is 2.12 bits per heavy atom. The number of ether oxygens (including phenoxy) is 1. The molecule has 0 bridgehead atoms. The number of para-hydroxylation sites is 1. The highest BCUT2D eigenvalue weighted by Crippen LogP contribution is 2.15. The summed E-state index contributed by atoms with van der Waals surface area (Å²) in [6, 6.07) is 6.49. The summed E-state index contributed by atoms with van der Waals surface area (Å²) in [5.74, 6) is -0.328. The first-order chi connectivity index (χ1) is 7.96. The molecule has 1 aromatic carbocycles. The average molecular weight is 257 g/mol. The lowest BCUT2D eigenvalue weighted by molar-refractivity contribution is 0.217. The van der Waals surface area contributed by atoms with Crippen molar-refractivity contribution in [3.05, 3.63) is 29.8 Å². The average Bonchev–Trinajstić information content (AvgIpc) is 2.26. The van der Waals surface area contributed by atoms with Gasteiger partial charge in [0, 0.05) is 12.7 Å². The number of hydrogen-bond donors (Lipinski definition) is 3. The first-order valence-electron chi connectivity index (χ1n) is 4.89. The smallest absolute Gasteiger partial charge is 0.235 e. The largest absolute Gasteiger partial charge is 0.384 e. The third kappa shape index (κ3) is 4.04. The molecule has 0 fully saturated rings. The monoisotopic (exact) mass is 257 g/mol. The quantitative estimate of drug-likeness (QED) is 0.505. The van der Waals surface area contributed by atoms with Gasteiger partial charge in [-0.25, -0.2) is 8.42 Å². The van der Waals surface area contributed by atoms with Gasteiger partial charge in [0.1, 0.15) is 5.84 Å². The number of nitrogens with two attached hydrogens (primary N) is 1. The highest BCUT2D eigenvalue weighted by Gasteiger charge is 2.13. The molecular formula is C10H15N3O3S. The van der Waals surface area contributed by atoms with Gasteiger partial charge in [-0.1, -0.05) is 12.1 Å². The first kappa shape index (κ1) is 13.5. The maximum absolute atomic E-state index is 11.6. The number of nitrogen functional groups attached to an aromatic ring is 1. The zero-order valence-corrected chi connectivity index (χ0v) is 10.3. The molecule has 0 unspecified atom stereocenters. The van der Waals surface area contributed by atoms with Gasteiger partial charge in [0.15, 0.2) is 0 Å². The summed E-state index contributed by atoms with van der Waals surface area (Å²) in [5, 5.41) is 7.34. The molecule has 17 heavy (non-hydrogen) atoms. The van der Waals surface area contributed by atoms with Crippen molar-refractivity contribution in [1.29, 1.82) is 5.41 Å². The van der Waals surface area contributed by atoms with E-state index in [4.69, 9.17) is 15.9 Å². The molecule has 1 aromatic rings. The number of hydrogen-bond acceptors (Lipinski definition) is 4. The fourth-order valence-corrected chi connectivity index (χ4v) is 2.22. The molecule has 0 aromatic heterocycles. The first-order valence-corrected chi connectivity index (χ1v) is 6.54. The van der Waals surface area contributed by atoms with E-state index in [9.17, 15) is 8.42 Å². The molecule has 0 aliphatic rings. The Morgan fingerprint density at radius 3 is 2.71 bits per heavy atom. The Kier molecular flexibility index (Phi) is 4.47. The molecular weight excluding hydrogens is 242 g/mol. The summed E-state index contributed by atoms with van der Waals surface area (Å²) in [6.07, 6.45) is 0. The van der Waals surface area contributed by atoms with E-state index in [2.05, 4.69) is 4.72 Å². The van der Waals surface area contributed by atoms with E-state index < -0.39 is 10.0 Å². The Labute approximate surface area is 100 Å². The summed E-state index contributed by atoms with van der Waals surface area (Å²) >= 11 is 0. The zero-order valence-electron chi connectivity index (χ0n) is 9.43. The summed E-state index contributed by atoms with van der Waals surface area (Å²) in [5.41, 5.74) is 6.01. The van der Waals surface area contributed by atoms with Gasteiger partial charge < -0.3 is 10.5 Å². The summed E-state index contributed by atoms with van der Waals surface area (Å²) in [4.78, 5) is 0. The standard InChI is InChI=1S/C10H15N3O3S/c1-16-6-7-17(14,15)13-9-5-3-2-4-8(9)10(11)12/h2-5,13H,6-7H2,1H3,(H3,11,12). The predicted molar refractivity (Wildman–Crippen MR) is 66.7 cm³/mol. The van der Waals surface area contributed by atoms with Crippen molar-refractivity contribution in [1.82, 2.24) is 0 Å². The van der Waals surface area contributed by atoms with E-state index in [0.717, 1.165) is 0 Å². The Bertz CT molecular complexity index is 499. The number of amidine groups is 1. The second-order valence-electron chi connectivity index (χ2n) is 3.37. The molecule has 0 atom stereocenters. The third-order valence-corrected chi connectivity index (χ3v) is 3.27. The molecule has 0 radical (unpaired) electrons. The number of benzene rings is 1. The maximum Gasteiger partial charge on any atom is 0.235 e. The summed E-state index contributed by atoms with van der Waals surface area (Å²) in [6.45, 7) is 0.109. The van der Waals surface area contributed by atoms with Gasteiger partial charge in [-0.3, -0.25) is 10.1 Å². The van der Waals surface area contributed by atoms with Crippen LogP contribution >= 0.6 is 0 Å². The van der Waals surface area contributed by atoms with Crippen LogP contribution in [0.4, 0.5) is 5.69 Å². The fraction of sp³-hybridized carbons (Fsp3) is 0.300. The highest BCUT2D eigenvalue weighted by atomic mass is 32.2. The van der Waals surface area contributed by atoms with Gasteiger partial charge >= 0.3 is 0 Å². The van der Waals surface area contributed by atoms with E-state index >= 15 is 0 Å². The van der Waals surface area contributed by atoms with Gasteiger partial charge in [-0.05, 0) is 12.1 Å². The molecule has 6 nitrogen and oxygen atoms in total. The maximum atomic E-state index is 11.6. The molecule has 0 amide bonds. The molecule has 1 rings (SSSR count). The normalized spacial score (nSPS) is 11.1. The number of nitrogens with one attached hydrogen (secondary N) is 2. The topological polar surface area (TPSA) is 105 Å². The molecule has 0 heterocycles. The van der Waals surface area contributed by atoms with Crippen LogP contribution in [-0.2, 0) is 14.8 Å². The van der Waals surface area contributed by atoms with E-state index in [0.29, 0.717) is 11.3 Å². The third-order valence-electron chi connectivity index (χ3n) is 2.04. The van der Waals surface area contributed by atoms with Gasteiger partial charge in [0.25, 0.3) is 0 Å². The van der Waals surface area contributed by atoms with Crippen molar-refractivity contribution < 1.29 is 13.2 Å². The molecule has 0 saturated heterocycles. The zero-order chi connectivity index (χ0) is 12.9. The Morgan fingerprint density at radius 1 is 1.47 bits per heavy atom. The van der Waals surface area contributed by atoms with Crippen molar-refractivity contribution in [2.75, 3.05) is 24.2 Å². The van der Waals surface area contributed by atoms with Gasteiger partial charge in [0.05, 0.1) is 18.0 Å². The predicted octanol–water partition coefficient (Wildman–Crippen LogP) is 0.359.